The van der Waals surface area contributed by atoms with Crippen LogP contribution in [0.3, 0.4) is 0 Å². The van der Waals surface area contributed by atoms with Crippen molar-refractivity contribution in [2.45, 2.75) is 19.0 Å². The van der Waals surface area contributed by atoms with E-state index in [0.717, 1.165) is 24.7 Å². The SMILES string of the molecule is CCN(CC)C(=O)c1cccc(NC(=O)CSc2nnc(N3CCOCC3)n2-c2ccccc2)c1. The predicted octanol–water partition coefficient (Wildman–Crippen LogP) is 3.32. The van der Waals surface area contributed by atoms with Gasteiger partial charge in [0.05, 0.1) is 24.7 Å². The van der Waals surface area contributed by atoms with Crippen LogP contribution in [-0.4, -0.2) is 76.6 Å². The Labute approximate surface area is 209 Å². The van der Waals surface area contributed by atoms with Gasteiger partial charge in [0.25, 0.3) is 5.91 Å². The van der Waals surface area contributed by atoms with Gasteiger partial charge in [0.1, 0.15) is 0 Å². The molecule has 1 aliphatic rings. The molecule has 2 aromatic carbocycles. The lowest BCUT2D eigenvalue weighted by Gasteiger charge is -2.27. The number of carbonyl (C=O) groups excluding carboxylic acids is 2. The van der Waals surface area contributed by atoms with Crippen LogP contribution in [0.25, 0.3) is 5.69 Å². The quantitative estimate of drug-likeness (QED) is 0.456. The molecule has 184 valence electrons. The van der Waals surface area contributed by atoms with Gasteiger partial charge in [-0.2, -0.15) is 0 Å². The Morgan fingerprint density at radius 3 is 2.49 bits per heavy atom. The van der Waals surface area contributed by atoms with E-state index in [1.807, 2.05) is 48.7 Å². The van der Waals surface area contributed by atoms with E-state index in [2.05, 4.69) is 20.4 Å². The molecular weight excluding hydrogens is 464 g/mol. The summed E-state index contributed by atoms with van der Waals surface area (Å²) in [6.45, 7) is 7.92. The number of hydrogen-bond acceptors (Lipinski definition) is 7. The molecule has 2 amide bonds. The summed E-state index contributed by atoms with van der Waals surface area (Å²) in [7, 11) is 0. The van der Waals surface area contributed by atoms with Crippen molar-refractivity contribution in [2.75, 3.05) is 55.4 Å². The molecule has 0 bridgehead atoms. The normalized spacial score (nSPS) is 13.5. The van der Waals surface area contributed by atoms with Crippen molar-refractivity contribution in [2.24, 2.45) is 0 Å². The zero-order chi connectivity index (χ0) is 24.6. The van der Waals surface area contributed by atoms with Gasteiger partial charge in [0.15, 0.2) is 5.16 Å². The molecule has 3 aromatic rings. The average molecular weight is 495 g/mol. The van der Waals surface area contributed by atoms with Crippen molar-refractivity contribution < 1.29 is 14.3 Å². The summed E-state index contributed by atoms with van der Waals surface area (Å²) in [5.74, 6) is 0.664. The number of thioether (sulfide) groups is 1. The van der Waals surface area contributed by atoms with Gasteiger partial charge in [-0.3, -0.25) is 14.2 Å². The van der Waals surface area contributed by atoms with E-state index in [9.17, 15) is 9.59 Å². The highest BCUT2D eigenvalue weighted by Crippen LogP contribution is 2.27. The zero-order valence-corrected chi connectivity index (χ0v) is 20.8. The van der Waals surface area contributed by atoms with Crippen molar-refractivity contribution >= 4 is 35.2 Å². The van der Waals surface area contributed by atoms with Crippen LogP contribution in [0.5, 0.6) is 0 Å². The number of rotatable bonds is 9. The molecule has 1 aliphatic heterocycles. The van der Waals surface area contributed by atoms with Crippen LogP contribution in [0.15, 0.2) is 59.8 Å². The monoisotopic (exact) mass is 494 g/mol. The van der Waals surface area contributed by atoms with Crippen LogP contribution < -0.4 is 10.2 Å². The number of hydrogen-bond donors (Lipinski definition) is 1. The number of amides is 2. The van der Waals surface area contributed by atoms with Gasteiger partial charge in [-0.1, -0.05) is 36.0 Å². The summed E-state index contributed by atoms with van der Waals surface area (Å²) >= 11 is 1.32. The second-order valence-electron chi connectivity index (χ2n) is 7.95. The molecule has 2 heterocycles. The van der Waals surface area contributed by atoms with Gasteiger partial charge < -0.3 is 19.9 Å². The number of carbonyl (C=O) groups is 2. The number of benzene rings is 2. The Hall–Kier alpha value is -3.37. The number of anilines is 2. The Morgan fingerprint density at radius 2 is 1.77 bits per heavy atom. The van der Waals surface area contributed by atoms with Crippen LogP contribution in [0.1, 0.15) is 24.2 Å². The first-order valence-corrected chi connectivity index (χ1v) is 12.7. The Bertz CT molecular complexity index is 1140. The van der Waals surface area contributed by atoms with Gasteiger partial charge in [0.2, 0.25) is 11.9 Å². The van der Waals surface area contributed by atoms with Gasteiger partial charge in [0, 0.05) is 37.4 Å². The highest BCUT2D eigenvalue weighted by molar-refractivity contribution is 7.99. The van der Waals surface area contributed by atoms with E-state index in [1.54, 1.807) is 29.2 Å². The molecule has 1 fully saturated rings. The topological polar surface area (TPSA) is 92.6 Å². The fourth-order valence-electron chi connectivity index (χ4n) is 3.88. The highest BCUT2D eigenvalue weighted by Gasteiger charge is 2.22. The molecular formula is C25H30N6O3S. The molecule has 1 aromatic heterocycles. The number of nitrogens with zero attached hydrogens (tertiary/aromatic N) is 5. The second kappa shape index (κ2) is 11.9. The fraction of sp³-hybridized carbons (Fsp3) is 0.360. The van der Waals surface area contributed by atoms with Crippen molar-refractivity contribution in [3.8, 4) is 5.69 Å². The van der Waals surface area contributed by atoms with Crippen molar-refractivity contribution in [3.05, 3.63) is 60.2 Å². The lowest BCUT2D eigenvalue weighted by atomic mass is 10.1. The van der Waals surface area contributed by atoms with E-state index >= 15 is 0 Å². The van der Waals surface area contributed by atoms with Gasteiger partial charge in [-0.15, -0.1) is 10.2 Å². The third-order valence-electron chi connectivity index (χ3n) is 5.70. The van der Waals surface area contributed by atoms with E-state index in [1.165, 1.54) is 11.8 Å². The summed E-state index contributed by atoms with van der Waals surface area (Å²) in [5.41, 5.74) is 2.08. The van der Waals surface area contributed by atoms with E-state index < -0.39 is 0 Å². The number of ether oxygens (including phenoxy) is 1. The van der Waals surface area contributed by atoms with Gasteiger partial charge in [-0.05, 0) is 44.2 Å². The fourth-order valence-corrected chi connectivity index (χ4v) is 4.62. The Balaban J connectivity index is 1.46. The molecule has 0 atom stereocenters. The second-order valence-corrected chi connectivity index (χ2v) is 8.89. The average Bonchev–Trinajstić information content (AvgIpc) is 3.33. The maximum Gasteiger partial charge on any atom is 0.253 e. The maximum absolute atomic E-state index is 12.8. The number of nitrogens with one attached hydrogen (secondary N) is 1. The minimum Gasteiger partial charge on any atom is -0.378 e. The third-order valence-corrected chi connectivity index (χ3v) is 6.63. The Morgan fingerprint density at radius 1 is 1.03 bits per heavy atom. The van der Waals surface area contributed by atoms with E-state index in [0.29, 0.717) is 42.7 Å². The molecule has 1 N–H and O–H groups in total. The van der Waals surface area contributed by atoms with Crippen LogP contribution in [0.4, 0.5) is 11.6 Å². The molecule has 4 rings (SSSR count). The van der Waals surface area contributed by atoms with Gasteiger partial charge >= 0.3 is 0 Å². The summed E-state index contributed by atoms with van der Waals surface area (Å²) < 4.78 is 7.46. The standard InChI is InChI=1S/C25H30N6O3S/c1-3-29(4-2)23(33)19-9-8-10-20(17-19)26-22(32)18-35-25-28-27-24(30-13-15-34-16-14-30)31(25)21-11-6-5-7-12-21/h5-12,17H,3-4,13-16,18H2,1-2H3,(H,26,32). The predicted molar refractivity (Wildman–Crippen MR) is 137 cm³/mol. The summed E-state index contributed by atoms with van der Waals surface area (Å²) in [5, 5.41) is 12.4. The first-order valence-electron chi connectivity index (χ1n) is 11.8. The smallest absolute Gasteiger partial charge is 0.253 e. The third kappa shape index (κ3) is 6.01. The first-order chi connectivity index (χ1) is 17.1. The van der Waals surface area contributed by atoms with Crippen molar-refractivity contribution in [3.63, 3.8) is 0 Å². The molecule has 0 aliphatic carbocycles. The molecule has 35 heavy (non-hydrogen) atoms. The van der Waals surface area contributed by atoms with Crippen LogP contribution in [0, 0.1) is 0 Å². The molecule has 0 spiro atoms. The highest BCUT2D eigenvalue weighted by atomic mass is 32.2. The largest absolute Gasteiger partial charge is 0.378 e. The number of morpholine rings is 1. The molecule has 0 unspecified atom stereocenters. The molecule has 9 nitrogen and oxygen atoms in total. The van der Waals surface area contributed by atoms with Crippen molar-refractivity contribution in [1.82, 2.24) is 19.7 Å². The zero-order valence-electron chi connectivity index (χ0n) is 20.0. The van der Waals surface area contributed by atoms with Crippen LogP contribution >= 0.6 is 11.8 Å². The molecule has 10 heteroatoms. The van der Waals surface area contributed by atoms with Gasteiger partial charge in [-0.25, -0.2) is 0 Å². The minimum absolute atomic E-state index is 0.0490. The van der Waals surface area contributed by atoms with E-state index in [4.69, 9.17) is 4.74 Å². The first kappa shape index (κ1) is 24.7. The lowest BCUT2D eigenvalue weighted by molar-refractivity contribution is -0.113. The van der Waals surface area contributed by atoms with Crippen LogP contribution in [0.2, 0.25) is 0 Å². The summed E-state index contributed by atoms with van der Waals surface area (Å²) in [6.07, 6.45) is 0. The summed E-state index contributed by atoms with van der Waals surface area (Å²) in [6, 6.07) is 16.9. The number of aromatic nitrogens is 3. The van der Waals surface area contributed by atoms with E-state index in [-0.39, 0.29) is 17.6 Å². The summed E-state index contributed by atoms with van der Waals surface area (Å²) in [4.78, 5) is 29.3. The van der Waals surface area contributed by atoms with Crippen molar-refractivity contribution in [1.29, 1.82) is 0 Å². The number of para-hydroxylation sites is 1. The molecule has 0 radical (unpaired) electrons. The molecule has 0 saturated carbocycles. The lowest BCUT2D eigenvalue weighted by Crippen LogP contribution is -2.37. The Kier molecular flexibility index (Phi) is 8.38. The minimum atomic E-state index is -0.182. The van der Waals surface area contributed by atoms with Crippen LogP contribution in [-0.2, 0) is 9.53 Å². The molecule has 1 saturated heterocycles. The maximum atomic E-state index is 12.8.